The summed E-state index contributed by atoms with van der Waals surface area (Å²) in [5, 5.41) is 4.60. The molecule has 24 heavy (non-hydrogen) atoms. The van der Waals surface area contributed by atoms with Crippen molar-refractivity contribution in [2.45, 2.75) is 26.3 Å². The van der Waals surface area contributed by atoms with Gasteiger partial charge in [0.1, 0.15) is 5.83 Å². The smallest absolute Gasteiger partial charge is 0.126 e. The molecule has 0 spiro atoms. The maximum Gasteiger partial charge on any atom is 0.126 e. The number of aromatic nitrogens is 1. The van der Waals surface area contributed by atoms with E-state index in [0.717, 1.165) is 40.9 Å². The predicted octanol–water partition coefficient (Wildman–Crippen LogP) is 5.52. The highest BCUT2D eigenvalue weighted by atomic mass is 35.5. The molecule has 0 amide bonds. The van der Waals surface area contributed by atoms with Crippen LogP contribution >= 0.6 is 11.6 Å². The monoisotopic (exact) mass is 346 g/mol. The van der Waals surface area contributed by atoms with Crippen molar-refractivity contribution in [1.82, 2.24) is 9.88 Å². The van der Waals surface area contributed by atoms with Gasteiger partial charge in [-0.25, -0.2) is 4.39 Å². The molecule has 2 nitrogen and oxygen atoms in total. The molecule has 1 aromatic carbocycles. The third-order valence-corrected chi connectivity index (χ3v) is 4.35. The Morgan fingerprint density at radius 1 is 1.38 bits per heavy atom. The largest absolute Gasteiger partial charge is 0.347 e. The molecule has 1 aromatic heterocycles. The van der Waals surface area contributed by atoms with Gasteiger partial charge in [-0.1, -0.05) is 42.5 Å². The fraction of sp³-hybridized carbons (Fsp3) is 0.300. The van der Waals surface area contributed by atoms with Crippen LogP contribution in [0, 0.1) is 0 Å². The van der Waals surface area contributed by atoms with E-state index in [1.807, 2.05) is 32.4 Å². The predicted molar refractivity (Wildman–Crippen MR) is 103 cm³/mol. The third-order valence-electron chi connectivity index (χ3n) is 4.00. The Labute approximate surface area is 148 Å². The minimum Gasteiger partial charge on any atom is -0.347 e. The molecule has 0 atom stereocenters. The molecule has 0 unspecified atom stereocenters. The van der Waals surface area contributed by atoms with Gasteiger partial charge in [0.2, 0.25) is 0 Å². The number of halogens is 2. The zero-order valence-corrected chi connectivity index (χ0v) is 15.3. The van der Waals surface area contributed by atoms with E-state index in [2.05, 4.69) is 16.5 Å². The minimum atomic E-state index is -0.232. The van der Waals surface area contributed by atoms with Gasteiger partial charge in [0, 0.05) is 34.3 Å². The summed E-state index contributed by atoms with van der Waals surface area (Å²) in [5.74, 6) is -0.232. The number of nitrogens with one attached hydrogen (secondary N) is 1. The van der Waals surface area contributed by atoms with Gasteiger partial charge in [-0.2, -0.15) is 0 Å². The lowest BCUT2D eigenvalue weighted by atomic mass is 9.99. The average molecular weight is 347 g/mol. The summed E-state index contributed by atoms with van der Waals surface area (Å²) in [6, 6.07) is 3.90. The summed E-state index contributed by atoms with van der Waals surface area (Å²) >= 11 is 6.32. The Hall–Kier alpha value is -1.84. The zero-order valence-electron chi connectivity index (χ0n) is 14.5. The lowest BCUT2D eigenvalue weighted by molar-refractivity contribution is 0.635. The van der Waals surface area contributed by atoms with Crippen molar-refractivity contribution in [3.8, 4) is 0 Å². The van der Waals surface area contributed by atoms with E-state index in [0.29, 0.717) is 5.57 Å². The first kappa shape index (κ1) is 18.5. The molecule has 0 aliphatic carbocycles. The van der Waals surface area contributed by atoms with Crippen molar-refractivity contribution in [1.29, 1.82) is 0 Å². The maximum absolute atomic E-state index is 14.2. The first-order valence-corrected chi connectivity index (χ1v) is 8.50. The molecule has 0 fully saturated rings. The van der Waals surface area contributed by atoms with Crippen LogP contribution in [0.1, 0.15) is 24.5 Å². The lowest BCUT2D eigenvalue weighted by Gasteiger charge is -2.16. The van der Waals surface area contributed by atoms with Gasteiger partial charge in [0.05, 0.1) is 5.52 Å². The number of hydrogen-bond donors (Lipinski definition) is 1. The van der Waals surface area contributed by atoms with Gasteiger partial charge >= 0.3 is 0 Å². The normalized spacial score (nSPS) is 14.4. The summed E-state index contributed by atoms with van der Waals surface area (Å²) in [7, 11) is 3.75. The molecule has 2 aromatic rings. The molecule has 1 aliphatic heterocycles. The van der Waals surface area contributed by atoms with Crippen LogP contribution < -0.4 is 5.32 Å². The summed E-state index contributed by atoms with van der Waals surface area (Å²) < 4.78 is 16.4. The van der Waals surface area contributed by atoms with Crippen molar-refractivity contribution in [3.63, 3.8) is 0 Å². The second-order valence-electron chi connectivity index (χ2n) is 5.71. The number of rotatable bonds is 3. The van der Waals surface area contributed by atoms with Gasteiger partial charge in [-0.05, 0) is 45.5 Å². The van der Waals surface area contributed by atoms with Gasteiger partial charge in [-0.15, -0.1) is 0 Å². The van der Waals surface area contributed by atoms with E-state index in [9.17, 15) is 4.39 Å². The maximum atomic E-state index is 14.2. The summed E-state index contributed by atoms with van der Waals surface area (Å²) in [4.78, 5) is 0. The van der Waals surface area contributed by atoms with Gasteiger partial charge < -0.3 is 9.88 Å². The van der Waals surface area contributed by atoms with Crippen molar-refractivity contribution >= 4 is 28.1 Å². The van der Waals surface area contributed by atoms with Gasteiger partial charge in [0.15, 0.2) is 0 Å². The first-order valence-electron chi connectivity index (χ1n) is 8.13. The number of benzene rings is 1. The van der Waals surface area contributed by atoms with Crippen molar-refractivity contribution in [2.24, 2.45) is 0 Å². The van der Waals surface area contributed by atoms with Crippen molar-refractivity contribution < 1.29 is 4.39 Å². The number of hydrogen-bond acceptors (Lipinski definition) is 1. The molecular formula is C20H24ClFN2. The SMILES string of the molecule is C=C/C=C(\C(F)=C/C)c1cn2c3c(c(Cl)ccc13)CCC2.CNC. The van der Waals surface area contributed by atoms with Crippen molar-refractivity contribution in [3.05, 3.63) is 65.1 Å². The quantitative estimate of drug-likeness (QED) is 0.724. The highest BCUT2D eigenvalue weighted by Gasteiger charge is 2.21. The molecule has 128 valence electrons. The van der Waals surface area contributed by atoms with E-state index in [1.54, 1.807) is 19.1 Å². The molecule has 1 N–H and O–H groups in total. The Balaban J connectivity index is 0.000000647. The standard InChI is InChI=1S/C18H17ClFN.C2H7N/c1-3-6-12(17(20)4-2)15-11-21-10-5-7-14-16(19)9-8-13(15)18(14)21;1-3-2/h3-4,6,8-9,11H,1,5,7,10H2,2H3;3H,1-2H3/b12-6-,17-4+;. The van der Waals surface area contributed by atoms with Crippen LogP contribution in [-0.4, -0.2) is 18.7 Å². The fourth-order valence-corrected chi connectivity index (χ4v) is 3.32. The average Bonchev–Trinajstić information content (AvgIpc) is 2.96. The van der Waals surface area contributed by atoms with Gasteiger partial charge in [-0.3, -0.25) is 0 Å². The number of aryl methyl sites for hydroxylation is 2. The second kappa shape index (κ2) is 8.32. The highest BCUT2D eigenvalue weighted by molar-refractivity contribution is 6.32. The Bertz CT molecular complexity index is 800. The molecule has 4 heteroatoms. The van der Waals surface area contributed by atoms with Crippen LogP contribution in [0.5, 0.6) is 0 Å². The molecular weight excluding hydrogens is 323 g/mol. The molecule has 0 saturated carbocycles. The molecule has 0 saturated heterocycles. The summed E-state index contributed by atoms with van der Waals surface area (Å²) in [6.07, 6.45) is 8.90. The molecule has 2 heterocycles. The molecule has 1 aliphatic rings. The van der Waals surface area contributed by atoms with Crippen LogP contribution in [-0.2, 0) is 13.0 Å². The Kier molecular flexibility index (Phi) is 6.41. The summed E-state index contributed by atoms with van der Waals surface area (Å²) in [6.45, 7) is 6.34. The van der Waals surface area contributed by atoms with Gasteiger partial charge in [0.25, 0.3) is 0 Å². The number of nitrogens with zero attached hydrogens (tertiary/aromatic N) is 1. The third kappa shape index (κ3) is 3.47. The topological polar surface area (TPSA) is 17.0 Å². The number of allylic oxidation sites excluding steroid dienone is 5. The molecule has 0 radical (unpaired) electrons. The minimum absolute atomic E-state index is 0.232. The lowest BCUT2D eigenvalue weighted by Crippen LogP contribution is -2.06. The summed E-state index contributed by atoms with van der Waals surface area (Å²) in [5.41, 5.74) is 3.79. The van der Waals surface area contributed by atoms with Crippen LogP contribution in [0.25, 0.3) is 16.5 Å². The van der Waals surface area contributed by atoms with Crippen LogP contribution in [0.4, 0.5) is 4.39 Å². The zero-order chi connectivity index (χ0) is 17.7. The first-order chi connectivity index (χ1) is 11.6. The molecule has 3 rings (SSSR count). The van der Waals surface area contributed by atoms with Crippen LogP contribution in [0.2, 0.25) is 5.02 Å². The van der Waals surface area contributed by atoms with E-state index in [1.165, 1.54) is 11.6 Å². The Morgan fingerprint density at radius 2 is 2.08 bits per heavy atom. The van der Waals surface area contributed by atoms with E-state index in [4.69, 9.17) is 11.6 Å². The highest BCUT2D eigenvalue weighted by Crippen LogP contribution is 2.38. The van der Waals surface area contributed by atoms with E-state index < -0.39 is 0 Å². The van der Waals surface area contributed by atoms with E-state index in [-0.39, 0.29) is 5.83 Å². The molecule has 0 bridgehead atoms. The Morgan fingerprint density at radius 3 is 2.71 bits per heavy atom. The van der Waals surface area contributed by atoms with E-state index >= 15 is 0 Å². The van der Waals surface area contributed by atoms with Crippen LogP contribution in [0.3, 0.4) is 0 Å². The van der Waals surface area contributed by atoms with Crippen LogP contribution in [0.15, 0.2) is 49.0 Å². The fourth-order valence-electron chi connectivity index (χ4n) is 3.07. The van der Waals surface area contributed by atoms with Crippen molar-refractivity contribution in [2.75, 3.05) is 14.1 Å². The second-order valence-corrected chi connectivity index (χ2v) is 6.12.